The van der Waals surface area contributed by atoms with Gasteiger partial charge >= 0.3 is 0 Å². The van der Waals surface area contributed by atoms with Crippen LogP contribution >= 0.6 is 11.6 Å². The Kier molecular flexibility index (Phi) is 6.94. The van der Waals surface area contributed by atoms with E-state index in [4.69, 9.17) is 16.3 Å². The van der Waals surface area contributed by atoms with E-state index in [-0.39, 0.29) is 24.0 Å². The number of β-lactam (4-membered cyclic amide) rings is 1. The fourth-order valence-corrected chi connectivity index (χ4v) is 4.49. The molecule has 2 amide bonds. The Morgan fingerprint density at radius 2 is 1.62 bits per heavy atom. The topological polar surface area (TPSA) is 58.6 Å². The normalized spacial score (nSPS) is 16.2. The van der Waals surface area contributed by atoms with Crippen molar-refractivity contribution in [2.24, 2.45) is 0 Å². The Bertz CT molecular complexity index is 1170. The van der Waals surface area contributed by atoms with Gasteiger partial charge in [0.05, 0.1) is 18.6 Å². The van der Waals surface area contributed by atoms with Gasteiger partial charge in [-0.15, -0.1) is 0 Å². The SMILES string of the molecule is Cc1cccc(C)c1NC(=O)[C@@H](c1ccc(Cl)cc1)N1C(=O)C[C@@H]1c1ccc(OC(C)C)cc1. The van der Waals surface area contributed by atoms with Crippen molar-refractivity contribution in [3.63, 3.8) is 0 Å². The molecule has 0 radical (unpaired) electrons. The molecule has 3 aromatic carbocycles. The van der Waals surface area contributed by atoms with Crippen LogP contribution in [0.1, 0.15) is 54.6 Å². The number of nitrogens with zero attached hydrogens (tertiary/aromatic N) is 1. The van der Waals surface area contributed by atoms with Gasteiger partial charge < -0.3 is 15.0 Å². The second kappa shape index (κ2) is 9.90. The van der Waals surface area contributed by atoms with Gasteiger partial charge in [0, 0.05) is 10.7 Å². The van der Waals surface area contributed by atoms with E-state index < -0.39 is 6.04 Å². The quantitative estimate of drug-likeness (QED) is 0.401. The molecule has 34 heavy (non-hydrogen) atoms. The molecule has 2 atom stereocenters. The van der Waals surface area contributed by atoms with Gasteiger partial charge in [0.1, 0.15) is 11.8 Å². The van der Waals surface area contributed by atoms with Crippen molar-refractivity contribution < 1.29 is 14.3 Å². The molecule has 0 saturated carbocycles. The number of anilines is 1. The molecule has 0 aliphatic carbocycles. The number of halogens is 1. The number of rotatable bonds is 7. The number of para-hydroxylation sites is 1. The van der Waals surface area contributed by atoms with Crippen LogP contribution in [0.2, 0.25) is 5.02 Å². The molecule has 4 rings (SSSR count). The number of amides is 2. The van der Waals surface area contributed by atoms with Crippen LogP contribution in [0, 0.1) is 13.8 Å². The van der Waals surface area contributed by atoms with Gasteiger partial charge in [-0.2, -0.15) is 0 Å². The van der Waals surface area contributed by atoms with Crippen LogP contribution in [0.25, 0.3) is 0 Å². The Hall–Kier alpha value is -3.31. The number of aryl methyl sites for hydroxylation is 2. The van der Waals surface area contributed by atoms with Crippen molar-refractivity contribution >= 4 is 29.1 Å². The van der Waals surface area contributed by atoms with Crippen LogP contribution in [-0.4, -0.2) is 22.8 Å². The number of benzene rings is 3. The first kappa shape index (κ1) is 23.8. The first-order chi connectivity index (χ1) is 16.2. The van der Waals surface area contributed by atoms with Crippen molar-refractivity contribution in [2.45, 2.75) is 52.3 Å². The number of carbonyl (C=O) groups is 2. The van der Waals surface area contributed by atoms with Crippen molar-refractivity contribution in [3.05, 3.63) is 94.0 Å². The summed E-state index contributed by atoms with van der Waals surface area (Å²) >= 11 is 6.11. The van der Waals surface area contributed by atoms with Crippen LogP contribution in [0.5, 0.6) is 5.75 Å². The third-order valence-corrected chi connectivity index (χ3v) is 6.32. The maximum absolute atomic E-state index is 13.7. The smallest absolute Gasteiger partial charge is 0.251 e. The molecular formula is C28H29ClN2O3. The number of likely N-dealkylation sites (tertiary alicyclic amines) is 1. The van der Waals surface area contributed by atoms with Gasteiger partial charge in [-0.05, 0) is 74.2 Å². The zero-order chi connectivity index (χ0) is 24.4. The molecule has 176 valence electrons. The molecule has 1 N–H and O–H groups in total. The maximum atomic E-state index is 13.7. The largest absolute Gasteiger partial charge is 0.491 e. The summed E-state index contributed by atoms with van der Waals surface area (Å²) in [4.78, 5) is 28.2. The first-order valence-corrected chi connectivity index (χ1v) is 11.8. The molecule has 1 aliphatic rings. The molecule has 1 fully saturated rings. The molecule has 6 heteroatoms. The van der Waals surface area contributed by atoms with Gasteiger partial charge in [-0.1, -0.05) is 54.1 Å². The van der Waals surface area contributed by atoms with E-state index in [1.807, 2.05) is 70.2 Å². The summed E-state index contributed by atoms with van der Waals surface area (Å²) in [6.45, 7) is 7.87. The van der Waals surface area contributed by atoms with E-state index in [1.54, 1.807) is 29.2 Å². The van der Waals surface area contributed by atoms with Gasteiger partial charge in [0.15, 0.2) is 0 Å². The van der Waals surface area contributed by atoms with Crippen LogP contribution in [-0.2, 0) is 9.59 Å². The highest BCUT2D eigenvalue weighted by atomic mass is 35.5. The average molecular weight is 477 g/mol. The van der Waals surface area contributed by atoms with Crippen molar-refractivity contribution in [2.75, 3.05) is 5.32 Å². The van der Waals surface area contributed by atoms with Gasteiger partial charge in [0.2, 0.25) is 5.91 Å². The Morgan fingerprint density at radius 1 is 1.00 bits per heavy atom. The third kappa shape index (κ3) is 4.95. The monoisotopic (exact) mass is 476 g/mol. The minimum Gasteiger partial charge on any atom is -0.491 e. The Labute approximate surface area is 205 Å². The summed E-state index contributed by atoms with van der Waals surface area (Å²) in [5.74, 6) is 0.458. The number of ether oxygens (including phenoxy) is 1. The summed E-state index contributed by atoms with van der Waals surface area (Å²) in [6.07, 6.45) is 0.432. The standard InChI is InChI=1S/C28H29ClN2O3/c1-17(2)34-23-14-10-20(11-15-23)24-16-25(32)31(24)27(21-8-12-22(29)13-9-21)28(33)30-26-18(3)6-5-7-19(26)4/h5-15,17,24,27H,16H2,1-4H3,(H,30,33)/t24-,27-/m1/s1. The second-order valence-electron chi connectivity index (χ2n) is 8.97. The minimum atomic E-state index is -0.783. The molecule has 1 aliphatic heterocycles. The fraction of sp³-hybridized carbons (Fsp3) is 0.286. The summed E-state index contributed by atoms with van der Waals surface area (Å²) in [7, 11) is 0. The van der Waals surface area contributed by atoms with Gasteiger partial charge in [-0.3, -0.25) is 9.59 Å². The summed E-state index contributed by atoms with van der Waals surface area (Å²) in [5.41, 5.74) is 4.39. The molecular weight excluding hydrogens is 448 g/mol. The molecule has 0 unspecified atom stereocenters. The predicted molar refractivity (Wildman–Crippen MR) is 135 cm³/mol. The molecule has 0 aromatic heterocycles. The minimum absolute atomic E-state index is 0.0656. The molecule has 3 aromatic rings. The van der Waals surface area contributed by atoms with Crippen LogP contribution < -0.4 is 10.1 Å². The van der Waals surface area contributed by atoms with E-state index in [2.05, 4.69) is 5.32 Å². The summed E-state index contributed by atoms with van der Waals surface area (Å²) in [6, 6.07) is 19.7. The van der Waals surface area contributed by atoms with E-state index in [9.17, 15) is 9.59 Å². The van der Waals surface area contributed by atoms with Crippen LogP contribution in [0.4, 0.5) is 5.69 Å². The first-order valence-electron chi connectivity index (χ1n) is 11.4. The Morgan fingerprint density at radius 3 is 2.18 bits per heavy atom. The summed E-state index contributed by atoms with van der Waals surface area (Å²) in [5, 5.41) is 3.65. The average Bonchev–Trinajstić information content (AvgIpc) is 2.79. The second-order valence-corrected chi connectivity index (χ2v) is 9.40. The van der Waals surface area contributed by atoms with E-state index >= 15 is 0 Å². The van der Waals surface area contributed by atoms with Gasteiger partial charge in [0.25, 0.3) is 5.91 Å². The summed E-state index contributed by atoms with van der Waals surface area (Å²) < 4.78 is 5.75. The van der Waals surface area contributed by atoms with Crippen molar-refractivity contribution in [1.82, 2.24) is 4.90 Å². The van der Waals surface area contributed by atoms with E-state index in [1.165, 1.54) is 0 Å². The van der Waals surface area contributed by atoms with Crippen LogP contribution in [0.15, 0.2) is 66.7 Å². The van der Waals surface area contributed by atoms with Gasteiger partial charge in [-0.25, -0.2) is 0 Å². The van der Waals surface area contributed by atoms with Crippen LogP contribution in [0.3, 0.4) is 0 Å². The van der Waals surface area contributed by atoms with Crippen molar-refractivity contribution in [1.29, 1.82) is 0 Å². The number of carbonyl (C=O) groups excluding carboxylic acids is 2. The third-order valence-electron chi connectivity index (χ3n) is 6.07. The molecule has 5 nitrogen and oxygen atoms in total. The highest BCUT2D eigenvalue weighted by Crippen LogP contribution is 2.42. The lowest BCUT2D eigenvalue weighted by Gasteiger charge is -2.45. The zero-order valence-electron chi connectivity index (χ0n) is 19.8. The maximum Gasteiger partial charge on any atom is 0.251 e. The zero-order valence-corrected chi connectivity index (χ0v) is 20.6. The molecule has 1 heterocycles. The molecule has 0 spiro atoms. The lowest BCUT2D eigenvalue weighted by Crippen LogP contribution is -2.51. The highest BCUT2D eigenvalue weighted by Gasteiger charge is 2.45. The fourth-order valence-electron chi connectivity index (χ4n) is 4.36. The number of nitrogens with one attached hydrogen (secondary N) is 1. The Balaban J connectivity index is 1.67. The number of hydrogen-bond donors (Lipinski definition) is 1. The van der Waals surface area contributed by atoms with E-state index in [0.29, 0.717) is 17.0 Å². The van der Waals surface area contributed by atoms with Crippen molar-refractivity contribution in [3.8, 4) is 5.75 Å². The molecule has 1 saturated heterocycles. The van der Waals surface area contributed by atoms with E-state index in [0.717, 1.165) is 28.1 Å². The molecule has 0 bridgehead atoms. The predicted octanol–water partition coefficient (Wildman–Crippen LogP) is 6.40. The highest BCUT2D eigenvalue weighted by molar-refractivity contribution is 6.30. The number of hydrogen-bond acceptors (Lipinski definition) is 3. The lowest BCUT2D eigenvalue weighted by molar-refractivity contribution is -0.154. The lowest BCUT2D eigenvalue weighted by atomic mass is 9.89.